The molecule has 0 amide bonds. The lowest BCUT2D eigenvalue weighted by Crippen LogP contribution is -2.40. The van der Waals surface area contributed by atoms with E-state index in [4.69, 9.17) is 9.47 Å². The number of hydrogen-bond donors (Lipinski definition) is 2. The van der Waals surface area contributed by atoms with Crippen molar-refractivity contribution in [3.63, 3.8) is 0 Å². The molecule has 1 aliphatic rings. The predicted molar refractivity (Wildman–Crippen MR) is 61.3 cm³/mol. The fourth-order valence-electron chi connectivity index (χ4n) is 1.64. The Morgan fingerprint density at radius 2 is 1.78 bits per heavy atom. The molecule has 0 spiro atoms. The number of cyclic esters (lactones) is 2. The second-order valence-corrected chi connectivity index (χ2v) is 4.71. The predicted octanol–water partition coefficient (Wildman–Crippen LogP) is 0.354. The molecule has 6 heteroatoms. The van der Waals surface area contributed by atoms with E-state index >= 15 is 0 Å². The van der Waals surface area contributed by atoms with E-state index in [9.17, 15) is 19.8 Å². The maximum absolute atomic E-state index is 11.4. The highest BCUT2D eigenvalue weighted by molar-refractivity contribution is 5.77. The average Bonchev–Trinajstić information content (AvgIpc) is 2.28. The number of carbonyl (C=O) groups excluding carboxylic acids is 2. The molecule has 0 saturated carbocycles. The maximum atomic E-state index is 11.4. The van der Waals surface area contributed by atoms with Gasteiger partial charge < -0.3 is 19.7 Å². The molecule has 1 heterocycles. The van der Waals surface area contributed by atoms with Crippen molar-refractivity contribution in [1.29, 1.82) is 0 Å². The summed E-state index contributed by atoms with van der Waals surface area (Å²) in [5, 5.41) is 19.0. The van der Waals surface area contributed by atoms with Crippen LogP contribution in [0.3, 0.4) is 0 Å². The highest BCUT2D eigenvalue weighted by Crippen LogP contribution is 2.16. The van der Waals surface area contributed by atoms with Crippen LogP contribution in [0, 0.1) is 5.92 Å². The number of carbonyl (C=O) groups is 2. The van der Waals surface area contributed by atoms with Crippen molar-refractivity contribution in [3.8, 4) is 0 Å². The molecule has 0 aromatic rings. The van der Waals surface area contributed by atoms with E-state index in [1.54, 1.807) is 0 Å². The van der Waals surface area contributed by atoms with E-state index in [0.717, 1.165) is 0 Å². The van der Waals surface area contributed by atoms with Gasteiger partial charge in [-0.3, -0.25) is 4.79 Å². The molecule has 0 radical (unpaired) electrons. The highest BCUT2D eigenvalue weighted by Gasteiger charge is 2.34. The quantitative estimate of drug-likeness (QED) is 0.482. The van der Waals surface area contributed by atoms with Crippen LogP contribution in [0.15, 0.2) is 0 Å². The molecule has 1 atom stereocenters. The molecule has 104 valence electrons. The van der Waals surface area contributed by atoms with Crippen LogP contribution in [0.1, 0.15) is 39.0 Å². The monoisotopic (exact) mass is 260 g/mol. The van der Waals surface area contributed by atoms with Crippen molar-refractivity contribution in [3.05, 3.63) is 0 Å². The molecule has 0 aliphatic carbocycles. The van der Waals surface area contributed by atoms with Gasteiger partial charge in [-0.2, -0.15) is 0 Å². The zero-order valence-corrected chi connectivity index (χ0v) is 10.6. The minimum atomic E-state index is -2.52. The Hall–Kier alpha value is -1.14. The minimum absolute atomic E-state index is 0.0601. The summed E-state index contributed by atoms with van der Waals surface area (Å²) >= 11 is 0. The van der Waals surface area contributed by atoms with Crippen LogP contribution in [0.5, 0.6) is 0 Å². The minimum Gasteiger partial charge on any atom is -0.466 e. The maximum Gasteiger partial charge on any atom is 0.366 e. The summed E-state index contributed by atoms with van der Waals surface area (Å²) in [6, 6.07) is 0. The Morgan fingerprint density at radius 3 is 2.44 bits per heavy atom. The second-order valence-electron chi connectivity index (χ2n) is 4.71. The van der Waals surface area contributed by atoms with Gasteiger partial charge in [-0.15, -0.1) is 0 Å². The lowest BCUT2D eigenvalue weighted by atomic mass is 10.1. The Morgan fingerprint density at radius 1 is 1.17 bits per heavy atom. The molecule has 1 saturated heterocycles. The molecule has 18 heavy (non-hydrogen) atoms. The lowest BCUT2D eigenvalue weighted by molar-refractivity contribution is -0.212. The first-order chi connectivity index (χ1) is 8.42. The first kappa shape index (κ1) is 14.9. The molecule has 2 N–H and O–H groups in total. The van der Waals surface area contributed by atoms with E-state index in [2.05, 4.69) is 0 Å². The number of rotatable bonds is 0. The van der Waals surface area contributed by atoms with E-state index in [1.165, 1.54) is 0 Å². The standard InChI is InChI=1S/C12H20O6/c1-9-4-7-17-10(13)3-2-6-12(15,16)11(14)18-8-5-9/h9,15-16H,2-8H2,1H3. The Labute approximate surface area is 106 Å². The van der Waals surface area contributed by atoms with Gasteiger partial charge in [0.1, 0.15) is 0 Å². The third-order valence-corrected chi connectivity index (χ3v) is 2.95. The highest BCUT2D eigenvalue weighted by atomic mass is 16.6. The first-order valence-corrected chi connectivity index (χ1v) is 6.19. The summed E-state index contributed by atoms with van der Waals surface area (Å²) in [6.07, 6.45) is 1.28. The van der Waals surface area contributed by atoms with Crippen LogP contribution in [-0.2, 0) is 19.1 Å². The van der Waals surface area contributed by atoms with E-state index in [0.29, 0.717) is 19.4 Å². The lowest BCUT2D eigenvalue weighted by Gasteiger charge is -2.19. The van der Waals surface area contributed by atoms with Crippen molar-refractivity contribution in [2.24, 2.45) is 5.92 Å². The van der Waals surface area contributed by atoms with Crippen molar-refractivity contribution in [2.45, 2.75) is 44.8 Å². The summed E-state index contributed by atoms with van der Waals surface area (Å²) < 4.78 is 9.80. The average molecular weight is 260 g/mol. The zero-order chi connectivity index (χ0) is 13.6. The van der Waals surface area contributed by atoms with Gasteiger partial charge in [0.15, 0.2) is 0 Å². The third kappa shape index (κ3) is 5.01. The van der Waals surface area contributed by atoms with Gasteiger partial charge in [-0.25, -0.2) is 4.79 Å². The first-order valence-electron chi connectivity index (χ1n) is 6.19. The smallest absolute Gasteiger partial charge is 0.366 e. The van der Waals surface area contributed by atoms with E-state index in [1.807, 2.05) is 6.92 Å². The van der Waals surface area contributed by atoms with Gasteiger partial charge in [-0.1, -0.05) is 6.92 Å². The summed E-state index contributed by atoms with van der Waals surface area (Å²) in [4.78, 5) is 22.7. The number of esters is 2. The molecule has 0 aromatic carbocycles. The van der Waals surface area contributed by atoms with Gasteiger partial charge in [0, 0.05) is 12.8 Å². The molecule has 0 bridgehead atoms. The van der Waals surface area contributed by atoms with Crippen LogP contribution in [-0.4, -0.2) is 41.2 Å². The Bertz CT molecular complexity index is 299. The fraction of sp³-hybridized carbons (Fsp3) is 0.833. The van der Waals surface area contributed by atoms with Crippen LogP contribution in [0.4, 0.5) is 0 Å². The largest absolute Gasteiger partial charge is 0.466 e. The normalized spacial score (nSPS) is 27.2. The molecule has 1 unspecified atom stereocenters. The van der Waals surface area contributed by atoms with Gasteiger partial charge in [-0.05, 0) is 25.2 Å². The third-order valence-electron chi connectivity index (χ3n) is 2.95. The molecular weight excluding hydrogens is 240 g/mol. The number of hydrogen-bond acceptors (Lipinski definition) is 6. The van der Waals surface area contributed by atoms with Gasteiger partial charge >= 0.3 is 11.9 Å². The molecule has 6 nitrogen and oxygen atoms in total. The number of aliphatic hydroxyl groups is 2. The molecule has 1 rings (SSSR count). The molecule has 1 aliphatic heterocycles. The summed E-state index contributed by atoms with van der Waals surface area (Å²) in [5.41, 5.74) is 0. The summed E-state index contributed by atoms with van der Waals surface area (Å²) in [5.74, 6) is -3.72. The molecule has 1 fully saturated rings. The van der Waals surface area contributed by atoms with Gasteiger partial charge in [0.05, 0.1) is 13.2 Å². The Kier molecular flexibility index (Phi) is 5.55. The fourth-order valence-corrected chi connectivity index (χ4v) is 1.64. The molecular formula is C12H20O6. The summed E-state index contributed by atoms with van der Waals surface area (Å²) in [6.45, 7) is 2.43. The summed E-state index contributed by atoms with van der Waals surface area (Å²) in [7, 11) is 0. The zero-order valence-electron chi connectivity index (χ0n) is 10.6. The number of ether oxygens (including phenoxy) is 2. The van der Waals surface area contributed by atoms with Crippen molar-refractivity contribution < 1.29 is 29.3 Å². The van der Waals surface area contributed by atoms with Crippen LogP contribution in [0.25, 0.3) is 0 Å². The van der Waals surface area contributed by atoms with Gasteiger partial charge in [0.25, 0.3) is 5.79 Å². The van der Waals surface area contributed by atoms with Crippen LogP contribution >= 0.6 is 0 Å². The van der Waals surface area contributed by atoms with E-state index in [-0.39, 0.29) is 37.8 Å². The molecule has 0 aromatic heterocycles. The van der Waals surface area contributed by atoms with Gasteiger partial charge in [0.2, 0.25) is 0 Å². The second kappa shape index (κ2) is 6.70. The van der Waals surface area contributed by atoms with Crippen molar-refractivity contribution in [2.75, 3.05) is 13.2 Å². The van der Waals surface area contributed by atoms with Crippen molar-refractivity contribution >= 4 is 11.9 Å². The Balaban J connectivity index is 2.58. The van der Waals surface area contributed by atoms with E-state index < -0.39 is 11.8 Å². The van der Waals surface area contributed by atoms with Crippen LogP contribution in [0.2, 0.25) is 0 Å². The van der Waals surface area contributed by atoms with Crippen LogP contribution < -0.4 is 0 Å². The SMILES string of the molecule is CC1CCOC(=O)CCCC(O)(O)C(=O)OCC1. The van der Waals surface area contributed by atoms with Crippen molar-refractivity contribution in [1.82, 2.24) is 0 Å². The topological polar surface area (TPSA) is 93.1 Å².